The number of para-hydroxylation sites is 1. The molecule has 1 aromatic heterocycles. The third-order valence-electron chi connectivity index (χ3n) is 7.60. The van der Waals surface area contributed by atoms with Crippen molar-refractivity contribution < 1.29 is 19.4 Å². The van der Waals surface area contributed by atoms with E-state index >= 15 is 0 Å². The molecule has 186 valence electrons. The molecule has 2 aliphatic rings. The number of ketones is 1. The number of amides is 1. The Labute approximate surface area is 215 Å². The van der Waals surface area contributed by atoms with Crippen molar-refractivity contribution in [1.29, 1.82) is 0 Å². The van der Waals surface area contributed by atoms with Crippen LogP contribution in [-0.2, 0) is 16.0 Å². The highest BCUT2D eigenvalue weighted by atomic mass is 16.5. The van der Waals surface area contributed by atoms with E-state index in [0.29, 0.717) is 11.3 Å². The molecular weight excluding hydrogens is 464 g/mol. The number of benzene rings is 3. The summed E-state index contributed by atoms with van der Waals surface area (Å²) in [4.78, 5) is 32.2. The van der Waals surface area contributed by atoms with E-state index in [-0.39, 0.29) is 17.4 Å². The lowest BCUT2D eigenvalue weighted by Gasteiger charge is -2.26. The lowest BCUT2D eigenvalue weighted by molar-refractivity contribution is -0.132. The van der Waals surface area contributed by atoms with Crippen LogP contribution in [0.5, 0.6) is 5.75 Å². The van der Waals surface area contributed by atoms with Crippen LogP contribution in [0.15, 0.2) is 66.2 Å². The molecule has 0 spiro atoms. The fourth-order valence-electron chi connectivity index (χ4n) is 5.62. The fraction of sp³-hybridized carbons (Fsp3) is 0.226. The number of aryl methyl sites for hydroxylation is 3. The molecule has 1 saturated heterocycles. The van der Waals surface area contributed by atoms with Crippen molar-refractivity contribution in [3.05, 3.63) is 99.7 Å². The summed E-state index contributed by atoms with van der Waals surface area (Å²) < 4.78 is 5.81. The summed E-state index contributed by atoms with van der Waals surface area (Å²) in [7, 11) is 0. The second-order valence-corrected chi connectivity index (χ2v) is 10.1. The van der Waals surface area contributed by atoms with Crippen LogP contribution < -0.4 is 9.64 Å². The highest BCUT2D eigenvalue weighted by Gasteiger charge is 2.48. The van der Waals surface area contributed by atoms with Crippen LogP contribution in [0.4, 0.5) is 5.69 Å². The molecule has 2 N–H and O–H groups in total. The van der Waals surface area contributed by atoms with Gasteiger partial charge in [0, 0.05) is 39.8 Å². The van der Waals surface area contributed by atoms with Gasteiger partial charge in [0.25, 0.3) is 11.7 Å². The Hall–Kier alpha value is -4.32. The molecule has 0 bridgehead atoms. The molecule has 0 radical (unpaired) electrons. The van der Waals surface area contributed by atoms with Gasteiger partial charge in [0.15, 0.2) is 0 Å². The number of anilines is 1. The molecule has 2 aliphatic heterocycles. The number of aromatic nitrogens is 1. The summed E-state index contributed by atoms with van der Waals surface area (Å²) in [6.45, 7) is 7.92. The first kappa shape index (κ1) is 23.1. The largest absolute Gasteiger partial charge is 0.507 e. The highest BCUT2D eigenvalue weighted by Crippen LogP contribution is 2.46. The van der Waals surface area contributed by atoms with Crippen LogP contribution in [0.2, 0.25) is 0 Å². The quantitative estimate of drug-likeness (QED) is 0.207. The van der Waals surface area contributed by atoms with E-state index in [9.17, 15) is 14.7 Å². The summed E-state index contributed by atoms with van der Waals surface area (Å²) in [5.41, 5.74) is 6.83. The molecule has 37 heavy (non-hydrogen) atoms. The molecule has 2 unspecified atom stereocenters. The predicted molar refractivity (Wildman–Crippen MR) is 144 cm³/mol. The SMILES string of the molecule is Cc1ccc(N2C(=O)C(=O)/C(=C(/O)c3ccc4c(c3)CC(C)O4)C2c2c(C)[nH]c3ccccc23)cc1C. The third kappa shape index (κ3) is 3.55. The Morgan fingerprint density at radius 3 is 2.57 bits per heavy atom. The molecule has 0 aliphatic carbocycles. The maximum absolute atomic E-state index is 13.7. The molecule has 3 heterocycles. The number of nitrogens with one attached hydrogen (secondary N) is 1. The molecule has 6 nitrogen and oxygen atoms in total. The Balaban J connectivity index is 1.61. The lowest BCUT2D eigenvalue weighted by Crippen LogP contribution is -2.29. The van der Waals surface area contributed by atoms with Crippen molar-refractivity contribution >= 4 is 34.0 Å². The Bertz CT molecular complexity index is 1640. The van der Waals surface area contributed by atoms with Gasteiger partial charge in [-0.3, -0.25) is 14.5 Å². The third-order valence-corrected chi connectivity index (χ3v) is 7.60. The average Bonchev–Trinajstić information content (AvgIpc) is 3.49. The number of H-pyrrole nitrogens is 1. The summed E-state index contributed by atoms with van der Waals surface area (Å²) in [6, 6.07) is 18.2. The Morgan fingerprint density at radius 2 is 1.78 bits per heavy atom. The number of hydrogen-bond donors (Lipinski definition) is 2. The molecule has 2 atom stereocenters. The highest BCUT2D eigenvalue weighted by molar-refractivity contribution is 6.52. The van der Waals surface area contributed by atoms with Crippen molar-refractivity contribution in [3.8, 4) is 5.75 Å². The predicted octanol–water partition coefficient (Wildman–Crippen LogP) is 6.04. The van der Waals surface area contributed by atoms with Crippen molar-refractivity contribution in [2.24, 2.45) is 0 Å². The first-order valence-corrected chi connectivity index (χ1v) is 12.5. The molecular formula is C31H28N2O4. The standard InChI is InChI=1S/C31H28N2O4/c1-16-9-11-22(13-17(16)2)33-28(26-19(4)32-24-8-6-5-7-23(24)26)27(30(35)31(33)36)29(34)20-10-12-25-21(15-20)14-18(3)37-25/h5-13,15,18,28,32,34H,14H2,1-4H3/b29-27+. The number of ether oxygens (including phenoxy) is 1. The van der Waals surface area contributed by atoms with E-state index < -0.39 is 17.7 Å². The lowest BCUT2D eigenvalue weighted by atomic mass is 9.92. The summed E-state index contributed by atoms with van der Waals surface area (Å²) in [5, 5.41) is 12.5. The van der Waals surface area contributed by atoms with Gasteiger partial charge in [-0.25, -0.2) is 0 Å². The van der Waals surface area contributed by atoms with Crippen LogP contribution in [0.3, 0.4) is 0 Å². The van der Waals surface area contributed by atoms with Crippen LogP contribution in [0.25, 0.3) is 16.7 Å². The molecule has 4 aromatic rings. The monoisotopic (exact) mass is 492 g/mol. The van der Waals surface area contributed by atoms with E-state index in [1.165, 1.54) is 4.90 Å². The minimum atomic E-state index is -0.790. The summed E-state index contributed by atoms with van der Waals surface area (Å²) in [5.74, 6) is -0.751. The van der Waals surface area contributed by atoms with E-state index in [2.05, 4.69) is 4.98 Å². The Morgan fingerprint density at radius 1 is 1.00 bits per heavy atom. The number of fused-ring (bicyclic) bond motifs is 2. The van der Waals surface area contributed by atoms with Crippen LogP contribution in [0, 0.1) is 20.8 Å². The zero-order valence-electron chi connectivity index (χ0n) is 21.3. The zero-order valence-corrected chi connectivity index (χ0v) is 21.3. The number of hydrogen-bond acceptors (Lipinski definition) is 4. The van der Waals surface area contributed by atoms with Crippen LogP contribution >= 0.6 is 0 Å². The van der Waals surface area contributed by atoms with Crippen LogP contribution in [0.1, 0.15) is 46.5 Å². The van der Waals surface area contributed by atoms with E-state index in [4.69, 9.17) is 4.74 Å². The van der Waals surface area contributed by atoms with Crippen molar-refractivity contribution in [2.75, 3.05) is 4.90 Å². The van der Waals surface area contributed by atoms with Crippen molar-refractivity contribution in [3.63, 3.8) is 0 Å². The molecule has 3 aromatic carbocycles. The van der Waals surface area contributed by atoms with Gasteiger partial charge in [-0.15, -0.1) is 0 Å². The number of aliphatic hydroxyl groups excluding tert-OH is 1. The maximum Gasteiger partial charge on any atom is 0.300 e. The Kier molecular flexibility index (Phi) is 5.23. The smallest absolute Gasteiger partial charge is 0.300 e. The molecule has 1 fully saturated rings. The van der Waals surface area contributed by atoms with Gasteiger partial charge in [0.05, 0.1) is 11.6 Å². The van der Waals surface area contributed by atoms with Crippen molar-refractivity contribution in [1.82, 2.24) is 4.98 Å². The first-order valence-electron chi connectivity index (χ1n) is 12.5. The topological polar surface area (TPSA) is 82.6 Å². The van der Waals surface area contributed by atoms with Gasteiger partial charge in [-0.1, -0.05) is 24.3 Å². The van der Waals surface area contributed by atoms with Crippen LogP contribution in [-0.4, -0.2) is 27.9 Å². The minimum absolute atomic E-state index is 0.0524. The number of nitrogens with zero attached hydrogens (tertiary/aromatic N) is 1. The second-order valence-electron chi connectivity index (χ2n) is 10.1. The molecule has 6 rings (SSSR count). The van der Waals surface area contributed by atoms with Crippen molar-refractivity contribution in [2.45, 2.75) is 46.3 Å². The molecule has 0 saturated carbocycles. The number of aromatic amines is 1. The summed E-state index contributed by atoms with van der Waals surface area (Å²) in [6.07, 6.45) is 0.773. The second kappa shape index (κ2) is 8.37. The molecule has 1 amide bonds. The molecule has 6 heteroatoms. The van der Waals surface area contributed by atoms with E-state index in [0.717, 1.165) is 51.0 Å². The minimum Gasteiger partial charge on any atom is -0.507 e. The number of Topliss-reactive ketones (excluding diaryl/α,β-unsaturated/α-hetero) is 1. The van der Waals surface area contributed by atoms with E-state index in [1.807, 2.05) is 82.3 Å². The normalized spacial score (nSPS) is 20.5. The number of aliphatic hydroxyl groups is 1. The van der Waals surface area contributed by atoms with Gasteiger partial charge in [-0.05, 0) is 80.8 Å². The zero-order chi connectivity index (χ0) is 26.0. The van der Waals surface area contributed by atoms with Gasteiger partial charge in [0.2, 0.25) is 0 Å². The maximum atomic E-state index is 13.7. The van der Waals surface area contributed by atoms with Gasteiger partial charge >= 0.3 is 0 Å². The van der Waals surface area contributed by atoms with Gasteiger partial charge in [-0.2, -0.15) is 0 Å². The summed E-state index contributed by atoms with van der Waals surface area (Å²) >= 11 is 0. The van der Waals surface area contributed by atoms with E-state index in [1.54, 1.807) is 6.07 Å². The first-order chi connectivity index (χ1) is 17.7. The van der Waals surface area contributed by atoms with Gasteiger partial charge < -0.3 is 14.8 Å². The average molecular weight is 493 g/mol. The number of carbonyl (C=O) groups is 2. The fourth-order valence-corrected chi connectivity index (χ4v) is 5.62. The van der Waals surface area contributed by atoms with Gasteiger partial charge in [0.1, 0.15) is 17.6 Å². The number of rotatable bonds is 3. The number of carbonyl (C=O) groups excluding carboxylic acids is 2.